The molecule has 0 spiro atoms. The zero-order valence-electron chi connectivity index (χ0n) is 15.9. The van der Waals surface area contributed by atoms with E-state index < -0.39 is 0 Å². The average Bonchev–Trinajstić information content (AvgIpc) is 3.07. The molecule has 1 unspecified atom stereocenters. The van der Waals surface area contributed by atoms with Gasteiger partial charge < -0.3 is 9.47 Å². The highest BCUT2D eigenvalue weighted by atomic mass is 16.5. The Kier molecular flexibility index (Phi) is 4.41. The van der Waals surface area contributed by atoms with E-state index in [1.165, 1.54) is 27.8 Å². The molecule has 2 heterocycles. The first kappa shape index (κ1) is 17.0. The van der Waals surface area contributed by atoms with Crippen LogP contribution < -0.4 is 4.74 Å². The number of pyridine rings is 1. The highest BCUT2D eigenvalue weighted by Crippen LogP contribution is 2.34. The monoisotopic (exact) mass is 347 g/mol. The van der Waals surface area contributed by atoms with Crippen molar-refractivity contribution in [1.29, 1.82) is 0 Å². The summed E-state index contributed by atoms with van der Waals surface area (Å²) >= 11 is 0. The molecule has 4 rings (SSSR count). The van der Waals surface area contributed by atoms with Gasteiger partial charge in [-0.25, -0.2) is 0 Å². The topological polar surface area (TPSA) is 31.4 Å². The van der Waals surface area contributed by atoms with Gasteiger partial charge in [-0.1, -0.05) is 23.8 Å². The summed E-state index contributed by atoms with van der Waals surface area (Å²) in [6.07, 6.45) is 1.07. The van der Waals surface area contributed by atoms with E-state index in [9.17, 15) is 0 Å². The fraction of sp³-hybridized carbons (Fsp3) is 0.348. The van der Waals surface area contributed by atoms with E-state index in [2.05, 4.69) is 51.1 Å². The fourth-order valence-electron chi connectivity index (χ4n) is 3.99. The minimum atomic E-state index is 0.131. The molecule has 0 aliphatic carbocycles. The van der Waals surface area contributed by atoms with Gasteiger partial charge in [-0.05, 0) is 62.1 Å². The van der Waals surface area contributed by atoms with Crippen molar-refractivity contribution in [3.63, 3.8) is 0 Å². The van der Waals surface area contributed by atoms with Crippen LogP contribution in [0.1, 0.15) is 28.8 Å². The first-order valence-corrected chi connectivity index (χ1v) is 9.25. The van der Waals surface area contributed by atoms with Crippen LogP contribution in [-0.4, -0.2) is 24.3 Å². The molecule has 1 aliphatic heterocycles. The highest BCUT2D eigenvalue weighted by molar-refractivity contribution is 5.90. The van der Waals surface area contributed by atoms with Gasteiger partial charge in [0.05, 0.1) is 18.7 Å². The summed E-state index contributed by atoms with van der Waals surface area (Å²) in [5, 5.41) is 1.07. The van der Waals surface area contributed by atoms with E-state index in [1.54, 1.807) is 0 Å². The second kappa shape index (κ2) is 6.73. The van der Waals surface area contributed by atoms with Crippen molar-refractivity contribution in [1.82, 2.24) is 4.98 Å². The Morgan fingerprint density at radius 2 is 1.77 bits per heavy atom. The molecule has 3 nitrogen and oxygen atoms in total. The first-order chi connectivity index (χ1) is 12.5. The Balaban J connectivity index is 1.85. The number of hydrogen-bond acceptors (Lipinski definition) is 3. The van der Waals surface area contributed by atoms with Crippen molar-refractivity contribution in [3.8, 4) is 16.9 Å². The van der Waals surface area contributed by atoms with Crippen LogP contribution >= 0.6 is 0 Å². The van der Waals surface area contributed by atoms with Crippen molar-refractivity contribution in [2.24, 2.45) is 0 Å². The van der Waals surface area contributed by atoms with Gasteiger partial charge in [0.25, 0.3) is 0 Å². The quantitative estimate of drug-likeness (QED) is 0.644. The predicted octanol–water partition coefficient (Wildman–Crippen LogP) is 5.30. The van der Waals surface area contributed by atoms with Gasteiger partial charge in [0, 0.05) is 23.6 Å². The van der Waals surface area contributed by atoms with E-state index in [4.69, 9.17) is 14.5 Å². The molecule has 0 radical (unpaired) electrons. The lowest BCUT2D eigenvalue weighted by molar-refractivity contribution is 0.142. The molecule has 1 fully saturated rings. The average molecular weight is 347 g/mol. The highest BCUT2D eigenvalue weighted by Gasteiger charge is 2.19. The zero-order chi connectivity index (χ0) is 18.3. The van der Waals surface area contributed by atoms with Gasteiger partial charge in [-0.3, -0.25) is 4.98 Å². The molecular weight excluding hydrogens is 322 g/mol. The van der Waals surface area contributed by atoms with Crippen LogP contribution in [0.4, 0.5) is 0 Å². The van der Waals surface area contributed by atoms with E-state index in [0.29, 0.717) is 6.61 Å². The molecule has 1 atom stereocenters. The number of benzene rings is 2. The standard InChI is InChI=1S/C23H25NO2/c1-14-9-15(2)23(16(3)10-14)18-5-6-21-20(12-18)22(11-17(4)24-21)26-19-7-8-25-13-19/h5-6,9-12,19H,7-8,13H2,1-4H3. The summed E-state index contributed by atoms with van der Waals surface area (Å²) in [7, 11) is 0. The van der Waals surface area contributed by atoms with Crippen molar-refractivity contribution in [2.75, 3.05) is 13.2 Å². The molecule has 0 amide bonds. The van der Waals surface area contributed by atoms with E-state index >= 15 is 0 Å². The predicted molar refractivity (Wildman–Crippen MR) is 106 cm³/mol. The van der Waals surface area contributed by atoms with Crippen molar-refractivity contribution < 1.29 is 9.47 Å². The zero-order valence-corrected chi connectivity index (χ0v) is 15.9. The first-order valence-electron chi connectivity index (χ1n) is 9.25. The van der Waals surface area contributed by atoms with Gasteiger partial charge in [-0.15, -0.1) is 0 Å². The number of rotatable bonds is 3. The largest absolute Gasteiger partial charge is 0.487 e. The Morgan fingerprint density at radius 1 is 1.00 bits per heavy atom. The molecule has 134 valence electrons. The summed E-state index contributed by atoms with van der Waals surface area (Å²) in [5.74, 6) is 0.910. The van der Waals surface area contributed by atoms with Crippen LogP contribution in [0.25, 0.3) is 22.0 Å². The molecule has 26 heavy (non-hydrogen) atoms. The third-order valence-corrected chi connectivity index (χ3v) is 5.05. The normalized spacial score (nSPS) is 17.0. The molecule has 3 heteroatoms. The second-order valence-corrected chi connectivity index (χ2v) is 7.37. The van der Waals surface area contributed by atoms with Gasteiger partial charge in [0.2, 0.25) is 0 Å². The molecule has 3 aromatic rings. The molecule has 1 saturated heterocycles. The summed E-state index contributed by atoms with van der Waals surface area (Å²) in [6.45, 7) is 9.96. The maximum atomic E-state index is 6.27. The van der Waals surface area contributed by atoms with Crippen molar-refractivity contribution in [2.45, 2.75) is 40.2 Å². The van der Waals surface area contributed by atoms with E-state index in [-0.39, 0.29) is 6.10 Å². The smallest absolute Gasteiger partial charge is 0.131 e. The number of aromatic nitrogens is 1. The van der Waals surface area contributed by atoms with E-state index in [1.807, 2.05) is 13.0 Å². The minimum absolute atomic E-state index is 0.131. The Hall–Kier alpha value is -2.39. The second-order valence-electron chi connectivity index (χ2n) is 7.37. The van der Waals surface area contributed by atoms with E-state index in [0.717, 1.165) is 35.4 Å². The lowest BCUT2D eigenvalue weighted by Gasteiger charge is -2.16. The summed E-state index contributed by atoms with van der Waals surface area (Å²) < 4.78 is 11.7. The maximum absolute atomic E-state index is 6.27. The molecule has 2 aromatic carbocycles. The summed E-state index contributed by atoms with van der Waals surface area (Å²) in [5.41, 5.74) is 8.36. The molecule has 1 aromatic heterocycles. The van der Waals surface area contributed by atoms with Crippen molar-refractivity contribution in [3.05, 3.63) is 58.8 Å². The van der Waals surface area contributed by atoms with Crippen LogP contribution in [0.15, 0.2) is 36.4 Å². The Bertz CT molecular complexity index is 948. The summed E-state index contributed by atoms with van der Waals surface area (Å²) in [6, 6.07) is 13.0. The van der Waals surface area contributed by atoms with Gasteiger partial charge in [-0.2, -0.15) is 0 Å². The van der Waals surface area contributed by atoms with Gasteiger partial charge in [0.15, 0.2) is 0 Å². The van der Waals surface area contributed by atoms with Crippen LogP contribution in [0.5, 0.6) is 5.75 Å². The molecule has 1 aliphatic rings. The third kappa shape index (κ3) is 3.19. The number of aryl methyl sites for hydroxylation is 4. The number of fused-ring (bicyclic) bond motifs is 1. The SMILES string of the molecule is Cc1cc(C)c(-c2ccc3nc(C)cc(OC4CCOC4)c3c2)c(C)c1. The van der Waals surface area contributed by atoms with Gasteiger partial charge >= 0.3 is 0 Å². The molecular formula is C23H25NO2. The lowest BCUT2D eigenvalue weighted by atomic mass is 9.93. The van der Waals surface area contributed by atoms with Crippen molar-refractivity contribution >= 4 is 10.9 Å². The minimum Gasteiger partial charge on any atom is -0.487 e. The van der Waals surface area contributed by atoms with Crippen LogP contribution in [0.2, 0.25) is 0 Å². The number of ether oxygens (including phenoxy) is 2. The molecule has 0 bridgehead atoms. The Labute approximate surface area is 155 Å². The van der Waals surface area contributed by atoms with Gasteiger partial charge in [0.1, 0.15) is 11.9 Å². The number of nitrogens with zero attached hydrogens (tertiary/aromatic N) is 1. The molecule has 0 N–H and O–H groups in total. The van der Waals surface area contributed by atoms with Crippen LogP contribution in [0.3, 0.4) is 0 Å². The molecule has 0 saturated carbocycles. The summed E-state index contributed by atoms with van der Waals surface area (Å²) in [4.78, 5) is 4.69. The Morgan fingerprint density at radius 3 is 2.46 bits per heavy atom. The maximum Gasteiger partial charge on any atom is 0.131 e. The lowest BCUT2D eigenvalue weighted by Crippen LogP contribution is -2.16. The third-order valence-electron chi connectivity index (χ3n) is 5.05. The fourth-order valence-corrected chi connectivity index (χ4v) is 3.99. The number of hydrogen-bond donors (Lipinski definition) is 0. The van der Waals surface area contributed by atoms with Crippen LogP contribution in [0, 0.1) is 27.7 Å². The van der Waals surface area contributed by atoms with Crippen LogP contribution in [-0.2, 0) is 4.74 Å².